The highest BCUT2D eigenvalue weighted by Crippen LogP contribution is 2.31. The normalized spacial score (nSPS) is 10.7. The van der Waals surface area contributed by atoms with Crippen molar-refractivity contribution in [2.75, 3.05) is 11.9 Å². The fourth-order valence-electron chi connectivity index (χ4n) is 1.87. The molecule has 0 aliphatic heterocycles. The van der Waals surface area contributed by atoms with Crippen LogP contribution in [0, 0.1) is 6.92 Å². The largest absolute Gasteiger partial charge is 0.483 e. The zero-order chi connectivity index (χ0) is 16.8. The molecule has 2 rings (SSSR count). The molecule has 0 bridgehead atoms. The minimum atomic E-state index is -2.55. The number of anilines is 1. The van der Waals surface area contributed by atoms with Crippen molar-refractivity contribution in [2.24, 2.45) is 0 Å². The van der Waals surface area contributed by atoms with E-state index < -0.39 is 11.7 Å². The zero-order valence-electron chi connectivity index (χ0n) is 12.2. The van der Waals surface area contributed by atoms with Crippen molar-refractivity contribution in [1.29, 1.82) is 0 Å². The summed E-state index contributed by atoms with van der Waals surface area (Å²) >= 11 is 6.23. The molecule has 0 atom stereocenters. The van der Waals surface area contributed by atoms with Gasteiger partial charge in [-0.25, -0.2) is 0 Å². The van der Waals surface area contributed by atoms with E-state index in [4.69, 9.17) is 16.3 Å². The number of aryl methyl sites for hydroxylation is 1. The van der Waals surface area contributed by atoms with Gasteiger partial charge in [-0.1, -0.05) is 35.5 Å². The van der Waals surface area contributed by atoms with Crippen LogP contribution in [0.2, 0.25) is 5.02 Å². The third-order valence-corrected chi connectivity index (χ3v) is 3.90. The molecule has 0 aliphatic carbocycles. The minimum absolute atomic E-state index is 0.226. The third kappa shape index (κ3) is 5.41. The number of halogens is 3. The first-order valence-electron chi connectivity index (χ1n) is 6.68. The van der Waals surface area contributed by atoms with Crippen molar-refractivity contribution in [3.63, 3.8) is 0 Å². The first-order chi connectivity index (χ1) is 11.0. The molecule has 0 heterocycles. The highest BCUT2D eigenvalue weighted by Gasteiger charge is 2.12. The highest BCUT2D eigenvalue weighted by atomic mass is 35.5. The second-order valence-electron chi connectivity index (χ2n) is 4.62. The van der Waals surface area contributed by atoms with Gasteiger partial charge in [0.25, 0.3) is 11.7 Å². The van der Waals surface area contributed by atoms with Gasteiger partial charge in [0.1, 0.15) is 5.75 Å². The SMILES string of the molecule is Cc1cc(Cl)ccc1OCC(=O)Nc1ccccc1SC(F)F. The predicted molar refractivity (Wildman–Crippen MR) is 88.6 cm³/mol. The Morgan fingerprint density at radius 3 is 2.74 bits per heavy atom. The Bertz CT molecular complexity index is 698. The molecule has 23 heavy (non-hydrogen) atoms. The number of amides is 1. The molecule has 1 N–H and O–H groups in total. The van der Waals surface area contributed by atoms with Crippen LogP contribution in [0.3, 0.4) is 0 Å². The molecule has 0 saturated carbocycles. The van der Waals surface area contributed by atoms with Gasteiger partial charge in [0.05, 0.1) is 5.69 Å². The van der Waals surface area contributed by atoms with Crippen LogP contribution in [-0.4, -0.2) is 18.3 Å². The Morgan fingerprint density at radius 2 is 2.04 bits per heavy atom. The molecule has 2 aromatic rings. The van der Waals surface area contributed by atoms with E-state index >= 15 is 0 Å². The van der Waals surface area contributed by atoms with Gasteiger partial charge < -0.3 is 10.1 Å². The Labute approximate surface area is 142 Å². The van der Waals surface area contributed by atoms with Crippen LogP contribution >= 0.6 is 23.4 Å². The second kappa shape index (κ2) is 8.17. The summed E-state index contributed by atoms with van der Waals surface area (Å²) in [6.45, 7) is 1.59. The summed E-state index contributed by atoms with van der Waals surface area (Å²) in [4.78, 5) is 12.2. The standard InChI is InChI=1S/C16H14ClF2NO2S/c1-10-8-11(17)6-7-13(10)22-9-15(21)20-12-4-2-3-5-14(12)23-16(18)19/h2-8,16H,9H2,1H3,(H,20,21). The van der Waals surface area contributed by atoms with Crippen molar-refractivity contribution in [3.05, 3.63) is 53.1 Å². The number of para-hydroxylation sites is 1. The van der Waals surface area contributed by atoms with E-state index in [0.29, 0.717) is 33.1 Å². The van der Waals surface area contributed by atoms with Gasteiger partial charge in [-0.05, 0) is 42.8 Å². The van der Waals surface area contributed by atoms with E-state index in [1.54, 1.807) is 36.4 Å². The lowest BCUT2D eigenvalue weighted by atomic mass is 10.2. The number of alkyl halides is 2. The van der Waals surface area contributed by atoms with Crippen molar-refractivity contribution in [1.82, 2.24) is 0 Å². The van der Waals surface area contributed by atoms with E-state index in [-0.39, 0.29) is 6.61 Å². The number of benzene rings is 2. The molecule has 0 aromatic heterocycles. The Balaban J connectivity index is 1.97. The number of hydrogen-bond donors (Lipinski definition) is 1. The van der Waals surface area contributed by atoms with E-state index in [1.807, 2.05) is 6.92 Å². The number of carbonyl (C=O) groups excluding carboxylic acids is 1. The van der Waals surface area contributed by atoms with Crippen molar-refractivity contribution in [3.8, 4) is 5.75 Å². The molecule has 2 aromatic carbocycles. The number of thioether (sulfide) groups is 1. The fraction of sp³-hybridized carbons (Fsp3) is 0.188. The summed E-state index contributed by atoms with van der Waals surface area (Å²) < 4.78 is 30.4. The smallest absolute Gasteiger partial charge is 0.288 e. The maximum Gasteiger partial charge on any atom is 0.288 e. The first-order valence-corrected chi connectivity index (χ1v) is 7.94. The molecule has 0 aliphatic rings. The maximum atomic E-state index is 12.5. The number of nitrogens with one attached hydrogen (secondary N) is 1. The molecular weight excluding hydrogens is 344 g/mol. The molecule has 0 saturated heterocycles. The highest BCUT2D eigenvalue weighted by molar-refractivity contribution is 7.99. The number of carbonyl (C=O) groups is 1. The van der Waals surface area contributed by atoms with Crippen LogP contribution in [0.5, 0.6) is 5.75 Å². The lowest BCUT2D eigenvalue weighted by Gasteiger charge is -2.12. The lowest BCUT2D eigenvalue weighted by molar-refractivity contribution is -0.118. The molecule has 0 unspecified atom stereocenters. The van der Waals surface area contributed by atoms with Crippen LogP contribution in [0.15, 0.2) is 47.4 Å². The first kappa shape index (κ1) is 17.6. The number of hydrogen-bond acceptors (Lipinski definition) is 3. The number of rotatable bonds is 6. The minimum Gasteiger partial charge on any atom is -0.483 e. The topological polar surface area (TPSA) is 38.3 Å². The van der Waals surface area contributed by atoms with E-state index in [0.717, 1.165) is 5.56 Å². The number of ether oxygens (including phenoxy) is 1. The molecule has 0 fully saturated rings. The second-order valence-corrected chi connectivity index (χ2v) is 6.09. The summed E-state index contributed by atoms with van der Waals surface area (Å²) in [6, 6.07) is 11.4. The maximum absolute atomic E-state index is 12.5. The predicted octanol–water partition coefficient (Wildman–Crippen LogP) is 4.98. The third-order valence-electron chi connectivity index (χ3n) is 2.87. The average molecular weight is 358 g/mol. The lowest BCUT2D eigenvalue weighted by Crippen LogP contribution is -2.20. The van der Waals surface area contributed by atoms with E-state index in [2.05, 4.69) is 5.32 Å². The molecule has 0 spiro atoms. The van der Waals surface area contributed by atoms with Crippen molar-refractivity contribution < 1.29 is 18.3 Å². The average Bonchev–Trinajstić information content (AvgIpc) is 2.48. The van der Waals surface area contributed by atoms with Gasteiger partial charge in [0.15, 0.2) is 6.61 Å². The van der Waals surface area contributed by atoms with Gasteiger partial charge in [-0.3, -0.25) is 4.79 Å². The summed E-state index contributed by atoms with van der Waals surface area (Å²) in [5.41, 5.74) is 1.14. The molecule has 122 valence electrons. The monoisotopic (exact) mass is 357 g/mol. The van der Waals surface area contributed by atoms with Crippen LogP contribution in [0.25, 0.3) is 0 Å². The van der Waals surface area contributed by atoms with Crippen LogP contribution < -0.4 is 10.1 Å². The van der Waals surface area contributed by atoms with Crippen molar-refractivity contribution in [2.45, 2.75) is 17.6 Å². The quantitative estimate of drug-likeness (QED) is 0.741. The molecule has 1 amide bonds. The van der Waals surface area contributed by atoms with Crippen LogP contribution in [0.1, 0.15) is 5.56 Å². The van der Waals surface area contributed by atoms with Gasteiger partial charge in [0, 0.05) is 9.92 Å². The van der Waals surface area contributed by atoms with E-state index in [9.17, 15) is 13.6 Å². The zero-order valence-corrected chi connectivity index (χ0v) is 13.8. The summed E-state index contributed by atoms with van der Waals surface area (Å²) in [6.07, 6.45) is 0. The molecule has 7 heteroatoms. The van der Waals surface area contributed by atoms with Gasteiger partial charge >= 0.3 is 0 Å². The van der Waals surface area contributed by atoms with Crippen LogP contribution in [-0.2, 0) is 4.79 Å². The fourth-order valence-corrected chi connectivity index (χ4v) is 2.69. The van der Waals surface area contributed by atoms with Crippen LogP contribution in [0.4, 0.5) is 14.5 Å². The molecule has 3 nitrogen and oxygen atoms in total. The van der Waals surface area contributed by atoms with E-state index in [1.165, 1.54) is 6.07 Å². The van der Waals surface area contributed by atoms with Gasteiger partial charge in [-0.2, -0.15) is 8.78 Å². The molecule has 0 radical (unpaired) electrons. The van der Waals surface area contributed by atoms with Gasteiger partial charge in [0.2, 0.25) is 0 Å². The van der Waals surface area contributed by atoms with Crippen molar-refractivity contribution >= 4 is 35.0 Å². The Morgan fingerprint density at radius 1 is 1.30 bits per heavy atom. The van der Waals surface area contributed by atoms with Gasteiger partial charge in [-0.15, -0.1) is 0 Å². The summed E-state index contributed by atoms with van der Waals surface area (Å²) in [5.74, 6) is -2.44. The summed E-state index contributed by atoms with van der Waals surface area (Å²) in [5, 5.41) is 3.15. The molecular formula is C16H14ClF2NO2S. The Kier molecular flexibility index (Phi) is 6.24. The summed E-state index contributed by atoms with van der Waals surface area (Å²) in [7, 11) is 0. The Hall–Kier alpha value is -1.79.